The van der Waals surface area contributed by atoms with Crippen molar-refractivity contribution in [2.24, 2.45) is 11.8 Å². The van der Waals surface area contributed by atoms with Crippen molar-refractivity contribution < 1.29 is 14.3 Å². The molecule has 8 heteroatoms. The lowest BCUT2D eigenvalue weighted by Crippen LogP contribution is -2.26. The molecule has 0 bridgehead atoms. The van der Waals surface area contributed by atoms with Gasteiger partial charge in [-0.1, -0.05) is 25.4 Å². The van der Waals surface area contributed by atoms with Crippen LogP contribution in [-0.4, -0.2) is 32.4 Å². The van der Waals surface area contributed by atoms with Crippen LogP contribution in [0, 0.1) is 17.7 Å². The number of benzene rings is 1. The molecule has 174 valence electrons. The number of aliphatic hydroxyl groups excluding tert-OH is 1. The van der Waals surface area contributed by atoms with Crippen LogP contribution in [0.5, 0.6) is 0 Å². The monoisotopic (exact) mass is 462 g/mol. The van der Waals surface area contributed by atoms with Crippen LogP contribution >= 0.6 is 11.6 Å². The van der Waals surface area contributed by atoms with Gasteiger partial charge in [0.25, 0.3) is 0 Å². The summed E-state index contributed by atoms with van der Waals surface area (Å²) in [6.07, 6.45) is 6.33. The summed E-state index contributed by atoms with van der Waals surface area (Å²) in [7, 11) is 0. The van der Waals surface area contributed by atoms with Crippen molar-refractivity contribution in [3.8, 4) is 0 Å². The Kier molecular flexibility index (Phi) is 7.15. The molecule has 2 fully saturated rings. The quantitative estimate of drug-likeness (QED) is 0.492. The van der Waals surface area contributed by atoms with Crippen LogP contribution in [0.4, 0.5) is 10.1 Å². The van der Waals surface area contributed by atoms with E-state index >= 15 is 0 Å². The number of hydrogen-bond donors (Lipinski definition) is 2. The van der Waals surface area contributed by atoms with Gasteiger partial charge in [-0.05, 0) is 68.6 Å². The third-order valence-corrected chi connectivity index (χ3v) is 6.86. The first-order valence-electron chi connectivity index (χ1n) is 11.7. The molecule has 0 unspecified atom stereocenters. The van der Waals surface area contributed by atoms with Gasteiger partial charge in [-0.15, -0.1) is 10.2 Å². The Hall–Kier alpha value is -1.99. The molecule has 1 heterocycles. The van der Waals surface area contributed by atoms with E-state index in [1.165, 1.54) is 24.6 Å². The van der Waals surface area contributed by atoms with E-state index in [9.17, 15) is 14.3 Å². The van der Waals surface area contributed by atoms with Crippen molar-refractivity contribution in [2.45, 2.75) is 76.7 Å². The smallest absolute Gasteiger partial charge is 0.225 e. The zero-order valence-electron chi connectivity index (χ0n) is 18.7. The average Bonchev–Trinajstić information content (AvgIpc) is 3.45. The van der Waals surface area contributed by atoms with Crippen LogP contribution < -0.4 is 5.32 Å². The van der Waals surface area contributed by atoms with Gasteiger partial charge in [0.15, 0.2) is 0 Å². The first-order valence-corrected chi connectivity index (χ1v) is 12.0. The summed E-state index contributed by atoms with van der Waals surface area (Å²) in [6.45, 7) is 4.49. The molecule has 6 nitrogen and oxygen atoms in total. The van der Waals surface area contributed by atoms with E-state index in [1.807, 2.05) is 0 Å². The molecule has 2 aliphatic carbocycles. The summed E-state index contributed by atoms with van der Waals surface area (Å²) in [4.78, 5) is 12.8. The van der Waals surface area contributed by atoms with Crippen molar-refractivity contribution in [1.82, 2.24) is 14.8 Å². The number of amides is 1. The normalized spacial score (nSPS) is 21.4. The molecule has 1 atom stereocenters. The van der Waals surface area contributed by atoms with Crippen LogP contribution in [0.1, 0.15) is 88.3 Å². The summed E-state index contributed by atoms with van der Waals surface area (Å²) in [5.41, 5.74) is 0.371. The summed E-state index contributed by atoms with van der Waals surface area (Å²) >= 11 is 6.05. The molecule has 2 saturated carbocycles. The van der Waals surface area contributed by atoms with Crippen LogP contribution in [0.25, 0.3) is 0 Å². The molecule has 1 aromatic heterocycles. The number of halogens is 2. The number of nitrogens with zero attached hydrogens (tertiary/aromatic N) is 3. The predicted molar refractivity (Wildman–Crippen MR) is 122 cm³/mol. The molecule has 0 spiro atoms. The van der Waals surface area contributed by atoms with E-state index in [2.05, 4.69) is 33.9 Å². The number of aliphatic hydroxyl groups is 1. The second kappa shape index (κ2) is 9.87. The van der Waals surface area contributed by atoms with Gasteiger partial charge in [0.1, 0.15) is 17.5 Å². The van der Waals surface area contributed by atoms with E-state index in [1.54, 1.807) is 0 Å². The Morgan fingerprint density at radius 3 is 2.69 bits per heavy atom. The molecule has 0 saturated heterocycles. The van der Waals surface area contributed by atoms with Crippen molar-refractivity contribution in [3.05, 3.63) is 40.7 Å². The Labute approximate surface area is 193 Å². The van der Waals surface area contributed by atoms with Crippen LogP contribution in [-0.2, 0) is 4.79 Å². The molecule has 0 aliphatic heterocycles. The molecule has 1 aromatic carbocycles. The highest BCUT2D eigenvalue weighted by atomic mass is 35.5. The fraction of sp³-hybridized carbons (Fsp3) is 0.625. The van der Waals surface area contributed by atoms with E-state index in [4.69, 9.17) is 11.6 Å². The zero-order chi connectivity index (χ0) is 22.8. The molecule has 4 rings (SSSR count). The highest BCUT2D eigenvalue weighted by Crippen LogP contribution is 2.48. The SMILES string of the molecule is CC(C)C[C@H]1C[C@@H](c2nnc([C@@H](CCO)CC(=O)Nc3ccc(F)cc3Cl)n2C2CC2)C1. The van der Waals surface area contributed by atoms with Gasteiger partial charge in [-0.25, -0.2) is 4.39 Å². The van der Waals surface area contributed by atoms with Crippen molar-refractivity contribution in [3.63, 3.8) is 0 Å². The van der Waals surface area contributed by atoms with Crippen molar-refractivity contribution in [1.29, 1.82) is 0 Å². The minimum atomic E-state index is -0.456. The van der Waals surface area contributed by atoms with Gasteiger partial charge in [-0.3, -0.25) is 4.79 Å². The van der Waals surface area contributed by atoms with Gasteiger partial charge in [-0.2, -0.15) is 0 Å². The van der Waals surface area contributed by atoms with E-state index in [-0.39, 0.29) is 29.9 Å². The number of carbonyl (C=O) groups excluding carboxylic acids is 1. The van der Waals surface area contributed by atoms with Gasteiger partial charge >= 0.3 is 0 Å². The standard InChI is InChI=1S/C24H32ClFN4O2/c1-14(2)9-15-10-17(11-15)24-29-28-23(30(24)19-4-5-19)16(7-8-31)12-22(32)27-21-6-3-18(26)13-20(21)25/h3,6,13-17,19,31H,4-5,7-12H2,1-2H3,(H,27,32)/t15-,16-,17+/m0/s1. The minimum absolute atomic E-state index is 0.0397. The molecule has 2 N–H and O–H groups in total. The second-order valence-corrected chi connectivity index (χ2v) is 10.2. The maximum atomic E-state index is 13.3. The highest BCUT2D eigenvalue weighted by Gasteiger charge is 2.39. The third kappa shape index (κ3) is 5.31. The maximum absolute atomic E-state index is 13.3. The Bertz CT molecular complexity index is 953. The average molecular weight is 463 g/mol. The van der Waals surface area contributed by atoms with Crippen LogP contribution in [0.2, 0.25) is 5.02 Å². The Balaban J connectivity index is 1.48. The van der Waals surface area contributed by atoms with E-state index < -0.39 is 5.82 Å². The maximum Gasteiger partial charge on any atom is 0.225 e. The molecule has 0 radical (unpaired) electrons. The predicted octanol–water partition coefficient (Wildman–Crippen LogP) is 5.44. The lowest BCUT2D eigenvalue weighted by Gasteiger charge is -2.36. The molecular formula is C24H32ClFN4O2. The van der Waals surface area contributed by atoms with Gasteiger partial charge < -0.3 is 15.0 Å². The lowest BCUT2D eigenvalue weighted by molar-refractivity contribution is -0.116. The first kappa shape index (κ1) is 23.2. The molecule has 32 heavy (non-hydrogen) atoms. The summed E-state index contributed by atoms with van der Waals surface area (Å²) < 4.78 is 15.5. The van der Waals surface area contributed by atoms with E-state index in [0.29, 0.717) is 30.0 Å². The Morgan fingerprint density at radius 2 is 2.06 bits per heavy atom. The van der Waals surface area contributed by atoms with Gasteiger partial charge in [0, 0.05) is 30.9 Å². The number of hydrogen-bond acceptors (Lipinski definition) is 4. The molecule has 1 amide bonds. The van der Waals surface area contributed by atoms with Crippen LogP contribution in [0.3, 0.4) is 0 Å². The summed E-state index contributed by atoms with van der Waals surface area (Å²) in [6, 6.07) is 4.28. The number of nitrogens with one attached hydrogen (secondary N) is 1. The van der Waals surface area contributed by atoms with Gasteiger partial charge in [0.05, 0.1) is 10.7 Å². The fourth-order valence-corrected chi connectivity index (χ4v) is 5.09. The first-order chi connectivity index (χ1) is 15.4. The van der Waals surface area contributed by atoms with Crippen molar-refractivity contribution in [2.75, 3.05) is 11.9 Å². The number of rotatable bonds is 10. The number of anilines is 1. The fourth-order valence-electron chi connectivity index (χ4n) is 4.88. The molecular weight excluding hydrogens is 431 g/mol. The summed E-state index contributed by atoms with van der Waals surface area (Å²) in [5, 5.41) is 21.7. The topological polar surface area (TPSA) is 80.0 Å². The number of aromatic nitrogens is 3. The van der Waals surface area contributed by atoms with Gasteiger partial charge in [0.2, 0.25) is 5.91 Å². The Morgan fingerprint density at radius 1 is 1.31 bits per heavy atom. The third-order valence-electron chi connectivity index (χ3n) is 6.55. The number of carbonyl (C=O) groups is 1. The molecule has 2 aromatic rings. The summed E-state index contributed by atoms with van der Waals surface area (Å²) in [5.74, 6) is 2.80. The minimum Gasteiger partial charge on any atom is -0.396 e. The zero-order valence-corrected chi connectivity index (χ0v) is 19.5. The van der Waals surface area contributed by atoms with E-state index in [0.717, 1.165) is 43.3 Å². The largest absolute Gasteiger partial charge is 0.396 e. The van der Waals surface area contributed by atoms with Crippen molar-refractivity contribution >= 4 is 23.2 Å². The molecule has 2 aliphatic rings. The second-order valence-electron chi connectivity index (χ2n) is 9.77. The lowest BCUT2D eigenvalue weighted by atomic mass is 9.71. The van der Waals surface area contributed by atoms with Crippen LogP contribution in [0.15, 0.2) is 18.2 Å². The highest BCUT2D eigenvalue weighted by molar-refractivity contribution is 6.33.